The predicted octanol–water partition coefficient (Wildman–Crippen LogP) is 2.42. The molecule has 8 nitrogen and oxygen atoms in total. The van der Waals surface area contributed by atoms with Crippen molar-refractivity contribution in [2.75, 3.05) is 0 Å². The maximum atomic E-state index is 11.8. The maximum Gasteiger partial charge on any atom is 0.288 e. The highest BCUT2D eigenvalue weighted by Crippen LogP contribution is 2.25. The average Bonchev–Trinajstić information content (AvgIpc) is 2.51. The Morgan fingerprint density at radius 2 is 1.96 bits per heavy atom. The summed E-state index contributed by atoms with van der Waals surface area (Å²) in [5, 5.41) is 32.9. The van der Waals surface area contributed by atoms with Gasteiger partial charge in [-0.05, 0) is 24.3 Å². The monoisotopic (exact) mass is 335 g/mol. The second-order valence-electron chi connectivity index (χ2n) is 4.37. The number of phenolic OH excluding ortho intramolecular Hbond substituents is 2. The number of nitrogens with zero attached hydrogens (tertiary/aromatic N) is 2. The Labute approximate surface area is 134 Å². The standard InChI is InChI=1S/C14H10ClN3O5/c15-10-3-1-8(5-11(10)18(22)23)7-16-17-14(21)9-2-4-12(19)13(20)6-9/h1-7,19-20H,(H,17,21)/b16-7+. The minimum absolute atomic E-state index is 0.00393. The van der Waals surface area contributed by atoms with E-state index in [9.17, 15) is 20.0 Å². The maximum absolute atomic E-state index is 11.8. The zero-order valence-corrected chi connectivity index (χ0v) is 12.2. The van der Waals surface area contributed by atoms with Crippen LogP contribution in [-0.4, -0.2) is 27.3 Å². The molecule has 0 aliphatic carbocycles. The van der Waals surface area contributed by atoms with E-state index in [1.165, 1.54) is 30.5 Å². The molecular weight excluding hydrogens is 326 g/mol. The van der Waals surface area contributed by atoms with Gasteiger partial charge in [-0.1, -0.05) is 17.7 Å². The number of hydrazone groups is 1. The minimum atomic E-state index is -0.628. The molecule has 0 aromatic heterocycles. The summed E-state index contributed by atoms with van der Waals surface area (Å²) in [6.07, 6.45) is 1.21. The summed E-state index contributed by atoms with van der Waals surface area (Å²) in [7, 11) is 0. The fourth-order valence-corrected chi connectivity index (χ4v) is 1.83. The number of aromatic hydroxyl groups is 2. The Morgan fingerprint density at radius 3 is 2.61 bits per heavy atom. The van der Waals surface area contributed by atoms with Gasteiger partial charge in [-0.2, -0.15) is 5.10 Å². The lowest BCUT2D eigenvalue weighted by Gasteiger charge is -2.02. The van der Waals surface area contributed by atoms with E-state index in [-0.39, 0.29) is 22.0 Å². The van der Waals surface area contributed by atoms with Crippen molar-refractivity contribution in [3.05, 3.63) is 62.7 Å². The number of rotatable bonds is 4. The molecule has 0 spiro atoms. The van der Waals surface area contributed by atoms with Crippen LogP contribution in [0.25, 0.3) is 0 Å². The molecule has 3 N–H and O–H groups in total. The summed E-state index contributed by atoms with van der Waals surface area (Å²) in [5.74, 6) is -1.41. The van der Waals surface area contributed by atoms with Gasteiger partial charge in [0.25, 0.3) is 11.6 Å². The Hall–Kier alpha value is -3.13. The first-order valence-corrected chi connectivity index (χ1v) is 6.55. The Balaban J connectivity index is 2.09. The first-order chi connectivity index (χ1) is 10.9. The Bertz CT molecular complexity index is 807. The zero-order valence-electron chi connectivity index (χ0n) is 11.4. The van der Waals surface area contributed by atoms with Crippen molar-refractivity contribution >= 4 is 29.4 Å². The molecule has 0 bridgehead atoms. The van der Waals surface area contributed by atoms with Gasteiger partial charge < -0.3 is 10.2 Å². The minimum Gasteiger partial charge on any atom is -0.504 e. The highest BCUT2D eigenvalue weighted by molar-refractivity contribution is 6.32. The lowest BCUT2D eigenvalue weighted by Crippen LogP contribution is -2.17. The summed E-state index contributed by atoms with van der Waals surface area (Å²) in [6, 6.07) is 7.60. The lowest BCUT2D eigenvalue weighted by molar-refractivity contribution is -0.384. The number of halogens is 1. The highest BCUT2D eigenvalue weighted by atomic mass is 35.5. The van der Waals surface area contributed by atoms with Crippen LogP contribution in [0.2, 0.25) is 5.02 Å². The van der Waals surface area contributed by atoms with Crippen LogP contribution in [0.4, 0.5) is 5.69 Å². The average molecular weight is 336 g/mol. The number of carbonyl (C=O) groups is 1. The molecule has 118 valence electrons. The number of amides is 1. The second kappa shape index (κ2) is 6.75. The van der Waals surface area contributed by atoms with E-state index in [1.807, 2.05) is 0 Å². The summed E-state index contributed by atoms with van der Waals surface area (Å²) in [6.45, 7) is 0. The van der Waals surface area contributed by atoms with Crippen LogP contribution >= 0.6 is 11.6 Å². The largest absolute Gasteiger partial charge is 0.504 e. The summed E-state index contributed by atoms with van der Waals surface area (Å²) in [4.78, 5) is 21.9. The van der Waals surface area contributed by atoms with Crippen molar-refractivity contribution in [1.29, 1.82) is 0 Å². The SMILES string of the molecule is O=C(N/N=C/c1ccc(Cl)c([N+](=O)[O-])c1)c1ccc(O)c(O)c1. The number of carbonyl (C=O) groups excluding carboxylic acids is 1. The van der Waals surface area contributed by atoms with E-state index in [1.54, 1.807) is 0 Å². The van der Waals surface area contributed by atoms with E-state index in [2.05, 4.69) is 10.5 Å². The summed E-state index contributed by atoms with van der Waals surface area (Å²) >= 11 is 5.68. The van der Waals surface area contributed by atoms with Crippen LogP contribution in [0.1, 0.15) is 15.9 Å². The number of benzene rings is 2. The van der Waals surface area contributed by atoms with Gasteiger partial charge in [0, 0.05) is 17.2 Å². The third-order valence-electron chi connectivity index (χ3n) is 2.78. The summed E-state index contributed by atoms with van der Waals surface area (Å²) in [5.41, 5.74) is 2.37. The van der Waals surface area contributed by atoms with Crippen LogP contribution in [0.15, 0.2) is 41.5 Å². The fraction of sp³-hybridized carbons (Fsp3) is 0. The van der Waals surface area contributed by atoms with Crippen LogP contribution in [-0.2, 0) is 0 Å². The third-order valence-corrected chi connectivity index (χ3v) is 3.10. The van der Waals surface area contributed by atoms with Gasteiger partial charge in [-0.3, -0.25) is 14.9 Å². The molecule has 2 rings (SSSR count). The number of nitro benzene ring substituents is 1. The van der Waals surface area contributed by atoms with E-state index in [0.29, 0.717) is 5.56 Å². The molecular formula is C14H10ClN3O5. The van der Waals surface area contributed by atoms with Crippen molar-refractivity contribution in [1.82, 2.24) is 5.43 Å². The van der Waals surface area contributed by atoms with Crippen LogP contribution in [0.5, 0.6) is 11.5 Å². The molecule has 0 aliphatic heterocycles. The van der Waals surface area contributed by atoms with Crippen molar-refractivity contribution < 1.29 is 19.9 Å². The summed E-state index contributed by atoms with van der Waals surface area (Å²) < 4.78 is 0. The number of nitrogens with one attached hydrogen (secondary N) is 1. The zero-order chi connectivity index (χ0) is 17.0. The normalized spacial score (nSPS) is 10.7. The molecule has 0 radical (unpaired) electrons. The van der Waals surface area contributed by atoms with E-state index in [4.69, 9.17) is 16.7 Å². The number of hydrogen-bond acceptors (Lipinski definition) is 6. The van der Waals surface area contributed by atoms with Crippen molar-refractivity contribution in [2.45, 2.75) is 0 Å². The molecule has 0 heterocycles. The molecule has 0 saturated carbocycles. The van der Waals surface area contributed by atoms with Crippen LogP contribution in [0, 0.1) is 10.1 Å². The van der Waals surface area contributed by atoms with Crippen LogP contribution in [0.3, 0.4) is 0 Å². The van der Waals surface area contributed by atoms with Gasteiger partial charge >= 0.3 is 0 Å². The van der Waals surface area contributed by atoms with Crippen molar-refractivity contribution in [2.24, 2.45) is 5.10 Å². The number of nitro groups is 1. The molecule has 0 atom stereocenters. The van der Waals surface area contributed by atoms with Crippen LogP contribution < -0.4 is 5.43 Å². The smallest absolute Gasteiger partial charge is 0.288 e. The molecule has 1 amide bonds. The highest BCUT2D eigenvalue weighted by Gasteiger charge is 2.12. The first-order valence-electron chi connectivity index (χ1n) is 6.18. The number of hydrogen-bond donors (Lipinski definition) is 3. The fourth-order valence-electron chi connectivity index (χ4n) is 1.64. The first kappa shape index (κ1) is 16.2. The van der Waals surface area contributed by atoms with E-state index < -0.39 is 16.6 Å². The molecule has 2 aromatic carbocycles. The van der Waals surface area contributed by atoms with Crippen molar-refractivity contribution in [3.8, 4) is 11.5 Å². The van der Waals surface area contributed by atoms with Gasteiger partial charge in [0.2, 0.25) is 0 Å². The van der Waals surface area contributed by atoms with Gasteiger partial charge in [0.15, 0.2) is 11.5 Å². The molecule has 2 aromatic rings. The lowest BCUT2D eigenvalue weighted by atomic mass is 10.2. The van der Waals surface area contributed by atoms with Gasteiger partial charge in [0.1, 0.15) is 5.02 Å². The van der Waals surface area contributed by atoms with Crippen molar-refractivity contribution in [3.63, 3.8) is 0 Å². The second-order valence-corrected chi connectivity index (χ2v) is 4.78. The van der Waals surface area contributed by atoms with E-state index >= 15 is 0 Å². The Morgan fingerprint density at radius 1 is 1.22 bits per heavy atom. The third kappa shape index (κ3) is 3.95. The molecule has 9 heteroatoms. The molecule has 23 heavy (non-hydrogen) atoms. The van der Waals surface area contributed by atoms with Gasteiger partial charge in [-0.15, -0.1) is 0 Å². The van der Waals surface area contributed by atoms with Gasteiger partial charge in [-0.25, -0.2) is 5.43 Å². The molecule has 0 aliphatic rings. The van der Waals surface area contributed by atoms with Gasteiger partial charge in [0.05, 0.1) is 11.1 Å². The molecule has 0 saturated heterocycles. The predicted molar refractivity (Wildman–Crippen MR) is 82.9 cm³/mol. The molecule has 0 unspecified atom stereocenters. The quantitative estimate of drug-likeness (QED) is 0.342. The number of phenols is 2. The van der Waals surface area contributed by atoms with E-state index in [0.717, 1.165) is 12.1 Å². The topological polar surface area (TPSA) is 125 Å². The Kier molecular flexibility index (Phi) is 4.77. The molecule has 0 fully saturated rings.